The van der Waals surface area contributed by atoms with Crippen LogP contribution in [0.4, 0.5) is 5.69 Å². The molecule has 0 saturated carbocycles. The number of hydrogen-bond acceptors (Lipinski definition) is 8. The monoisotopic (exact) mass is 492 g/mol. The minimum atomic E-state index is -0.561. The lowest BCUT2D eigenvalue weighted by Crippen LogP contribution is -2.18. The second-order valence-electron chi connectivity index (χ2n) is 7.46. The quantitative estimate of drug-likeness (QED) is 0.328. The molecule has 0 fully saturated rings. The Morgan fingerprint density at radius 3 is 2.62 bits per heavy atom. The molecule has 3 aromatic carbocycles. The van der Waals surface area contributed by atoms with Crippen LogP contribution in [0.2, 0.25) is 5.02 Å². The predicted molar refractivity (Wildman–Crippen MR) is 133 cm³/mol. The standard InChI is InChI=1S/C25H21ClN4O3S/c1-31-17-11-12-19(21(13-17)32-2)23-27-20-6-4-3-5-18(20)22-24(33-23)28-25(30-29-22)34-14-15-7-9-16(26)10-8-15/h3-13,23,27H,14H2,1-2H3/t23-/m1/s1. The Morgan fingerprint density at radius 1 is 1.00 bits per heavy atom. The number of rotatable bonds is 6. The molecule has 1 aliphatic heterocycles. The number of aromatic nitrogens is 3. The number of nitrogens with zero attached hydrogens (tertiary/aromatic N) is 3. The van der Waals surface area contributed by atoms with E-state index in [2.05, 4.69) is 15.5 Å². The van der Waals surface area contributed by atoms with Crippen molar-refractivity contribution in [3.8, 4) is 28.6 Å². The number of para-hydroxylation sites is 1. The number of benzene rings is 3. The zero-order valence-electron chi connectivity index (χ0n) is 18.5. The summed E-state index contributed by atoms with van der Waals surface area (Å²) in [5.74, 6) is 2.41. The van der Waals surface area contributed by atoms with Gasteiger partial charge in [0.2, 0.25) is 17.3 Å². The SMILES string of the molecule is COc1ccc([C@@H]2Nc3ccccc3-c3nnc(SCc4ccc(Cl)cc4)nc3O2)c(OC)c1. The lowest BCUT2D eigenvalue weighted by molar-refractivity contribution is 0.219. The molecule has 1 N–H and O–H groups in total. The minimum Gasteiger partial charge on any atom is -0.497 e. The Labute approximate surface area is 206 Å². The van der Waals surface area contributed by atoms with Crippen molar-refractivity contribution in [1.29, 1.82) is 0 Å². The van der Waals surface area contributed by atoms with Crippen molar-refractivity contribution in [2.75, 3.05) is 19.5 Å². The fourth-order valence-electron chi connectivity index (χ4n) is 3.61. The van der Waals surface area contributed by atoms with Crippen LogP contribution in [-0.4, -0.2) is 29.4 Å². The number of fused-ring (bicyclic) bond motifs is 3. The summed E-state index contributed by atoms with van der Waals surface area (Å²) >= 11 is 7.47. The van der Waals surface area contributed by atoms with Gasteiger partial charge in [-0.05, 0) is 35.9 Å². The van der Waals surface area contributed by atoms with Crippen LogP contribution in [0.1, 0.15) is 17.4 Å². The van der Waals surface area contributed by atoms with Crippen molar-refractivity contribution in [3.05, 3.63) is 82.9 Å². The molecule has 2 heterocycles. The van der Waals surface area contributed by atoms with Crippen LogP contribution >= 0.6 is 23.4 Å². The van der Waals surface area contributed by atoms with E-state index in [1.807, 2.05) is 66.7 Å². The molecule has 0 bridgehead atoms. The smallest absolute Gasteiger partial charge is 0.247 e. The highest BCUT2D eigenvalue weighted by molar-refractivity contribution is 7.98. The van der Waals surface area contributed by atoms with Crippen LogP contribution in [0.15, 0.2) is 71.9 Å². The van der Waals surface area contributed by atoms with Gasteiger partial charge in [0.15, 0.2) is 5.69 Å². The van der Waals surface area contributed by atoms with E-state index in [0.717, 1.165) is 22.4 Å². The summed E-state index contributed by atoms with van der Waals surface area (Å²) < 4.78 is 17.3. The summed E-state index contributed by atoms with van der Waals surface area (Å²) in [4.78, 5) is 4.71. The molecule has 5 rings (SSSR count). The number of nitrogens with one attached hydrogen (secondary N) is 1. The molecular weight excluding hydrogens is 472 g/mol. The summed E-state index contributed by atoms with van der Waals surface area (Å²) in [5, 5.41) is 13.5. The van der Waals surface area contributed by atoms with Gasteiger partial charge in [-0.1, -0.05) is 53.7 Å². The zero-order valence-corrected chi connectivity index (χ0v) is 20.1. The minimum absolute atomic E-state index is 0.397. The maximum atomic E-state index is 6.37. The van der Waals surface area contributed by atoms with Crippen molar-refractivity contribution in [1.82, 2.24) is 15.2 Å². The highest BCUT2D eigenvalue weighted by atomic mass is 35.5. The van der Waals surface area contributed by atoms with E-state index in [4.69, 9.17) is 30.8 Å². The summed E-state index contributed by atoms with van der Waals surface area (Å²) in [6, 6.07) is 21.1. The molecule has 0 radical (unpaired) electrons. The van der Waals surface area contributed by atoms with Crippen LogP contribution in [0.3, 0.4) is 0 Å². The van der Waals surface area contributed by atoms with Gasteiger partial charge in [-0.3, -0.25) is 0 Å². The van der Waals surface area contributed by atoms with Crippen molar-refractivity contribution in [3.63, 3.8) is 0 Å². The van der Waals surface area contributed by atoms with Gasteiger partial charge in [0, 0.05) is 28.1 Å². The Balaban J connectivity index is 1.50. The molecule has 0 spiro atoms. The normalized spacial score (nSPS) is 14.1. The molecular formula is C25H21ClN4O3S. The summed E-state index contributed by atoms with van der Waals surface area (Å²) in [7, 11) is 3.24. The van der Waals surface area contributed by atoms with E-state index in [9.17, 15) is 0 Å². The molecule has 0 amide bonds. The van der Waals surface area contributed by atoms with Crippen LogP contribution < -0.4 is 19.5 Å². The first-order valence-corrected chi connectivity index (χ1v) is 11.9. The predicted octanol–water partition coefficient (Wildman–Crippen LogP) is 6.00. The average Bonchev–Trinajstić information content (AvgIpc) is 3.04. The van der Waals surface area contributed by atoms with E-state index in [1.165, 1.54) is 11.8 Å². The van der Waals surface area contributed by atoms with Crippen molar-refractivity contribution in [2.45, 2.75) is 17.1 Å². The number of thioether (sulfide) groups is 1. The Bertz CT molecular complexity index is 1320. The molecule has 1 aromatic heterocycles. The van der Waals surface area contributed by atoms with E-state index >= 15 is 0 Å². The second-order valence-corrected chi connectivity index (χ2v) is 8.84. The molecule has 34 heavy (non-hydrogen) atoms. The van der Waals surface area contributed by atoms with Gasteiger partial charge in [0.1, 0.15) is 11.5 Å². The first kappa shape index (κ1) is 22.3. The van der Waals surface area contributed by atoms with Crippen molar-refractivity contribution < 1.29 is 14.2 Å². The largest absolute Gasteiger partial charge is 0.497 e. The van der Waals surface area contributed by atoms with Gasteiger partial charge in [-0.2, -0.15) is 4.98 Å². The number of halogens is 1. The van der Waals surface area contributed by atoms with Gasteiger partial charge >= 0.3 is 0 Å². The number of methoxy groups -OCH3 is 2. The summed E-state index contributed by atoms with van der Waals surface area (Å²) in [5.41, 5.74) is 4.22. The first-order chi connectivity index (χ1) is 16.6. The Morgan fingerprint density at radius 2 is 1.82 bits per heavy atom. The summed E-state index contributed by atoms with van der Waals surface area (Å²) in [6.45, 7) is 0. The third-order valence-electron chi connectivity index (χ3n) is 5.34. The third-order valence-corrected chi connectivity index (χ3v) is 6.50. The van der Waals surface area contributed by atoms with E-state index in [-0.39, 0.29) is 0 Å². The molecule has 1 aliphatic rings. The second kappa shape index (κ2) is 9.79. The fourth-order valence-corrected chi connectivity index (χ4v) is 4.47. The molecule has 4 aromatic rings. The third kappa shape index (κ3) is 4.60. The van der Waals surface area contributed by atoms with Crippen molar-refractivity contribution in [2.24, 2.45) is 0 Å². The van der Waals surface area contributed by atoms with Crippen LogP contribution in [0.5, 0.6) is 17.4 Å². The van der Waals surface area contributed by atoms with Gasteiger partial charge in [-0.25, -0.2) is 0 Å². The topological polar surface area (TPSA) is 78.4 Å². The maximum absolute atomic E-state index is 6.37. The van der Waals surface area contributed by atoms with Gasteiger partial charge in [0.05, 0.1) is 19.8 Å². The van der Waals surface area contributed by atoms with Crippen molar-refractivity contribution >= 4 is 29.1 Å². The van der Waals surface area contributed by atoms with Crippen LogP contribution in [0.25, 0.3) is 11.3 Å². The molecule has 7 nitrogen and oxygen atoms in total. The Hall–Kier alpha value is -3.49. The van der Waals surface area contributed by atoms with Gasteiger partial charge in [-0.15, -0.1) is 10.2 Å². The molecule has 172 valence electrons. The van der Waals surface area contributed by atoms with Gasteiger partial charge < -0.3 is 19.5 Å². The Kier molecular flexibility index (Phi) is 6.42. The first-order valence-electron chi connectivity index (χ1n) is 10.5. The zero-order chi connectivity index (χ0) is 23.5. The van der Waals surface area contributed by atoms with Crippen LogP contribution in [0, 0.1) is 0 Å². The molecule has 9 heteroatoms. The molecule has 0 unspecified atom stereocenters. The highest BCUT2D eigenvalue weighted by Crippen LogP contribution is 2.41. The lowest BCUT2D eigenvalue weighted by atomic mass is 10.1. The van der Waals surface area contributed by atoms with Gasteiger partial charge in [0.25, 0.3) is 0 Å². The van der Waals surface area contributed by atoms with E-state index in [1.54, 1.807) is 14.2 Å². The van der Waals surface area contributed by atoms with E-state index < -0.39 is 6.23 Å². The number of anilines is 1. The average molecular weight is 493 g/mol. The number of hydrogen-bond donors (Lipinski definition) is 1. The number of ether oxygens (including phenoxy) is 3. The molecule has 0 saturated heterocycles. The van der Waals surface area contributed by atoms with E-state index in [0.29, 0.717) is 39.0 Å². The molecule has 0 aliphatic carbocycles. The fraction of sp³-hybridized carbons (Fsp3) is 0.160. The lowest BCUT2D eigenvalue weighted by Gasteiger charge is -2.21. The highest BCUT2D eigenvalue weighted by Gasteiger charge is 2.28. The molecule has 1 atom stereocenters. The van der Waals surface area contributed by atoms with Crippen LogP contribution in [-0.2, 0) is 5.75 Å². The summed E-state index contributed by atoms with van der Waals surface area (Å²) in [6.07, 6.45) is -0.561. The maximum Gasteiger partial charge on any atom is 0.247 e.